The summed E-state index contributed by atoms with van der Waals surface area (Å²) in [6.07, 6.45) is 3.12. The minimum atomic E-state index is -0.368. The largest absolute Gasteiger partial charge is 0.484 e. The highest BCUT2D eigenvalue weighted by Crippen LogP contribution is 2.25. The van der Waals surface area contributed by atoms with Crippen LogP contribution in [-0.2, 0) is 13.0 Å². The van der Waals surface area contributed by atoms with Gasteiger partial charge >= 0.3 is 0 Å². The average Bonchev–Trinajstić information content (AvgIpc) is 2.48. The first-order valence-electron chi connectivity index (χ1n) is 6.86. The summed E-state index contributed by atoms with van der Waals surface area (Å²) in [4.78, 5) is 4.21. The van der Waals surface area contributed by atoms with Crippen molar-refractivity contribution in [2.75, 3.05) is 0 Å². The van der Waals surface area contributed by atoms with Crippen LogP contribution in [0.25, 0.3) is 0 Å². The van der Waals surface area contributed by atoms with Crippen LogP contribution in [0, 0.1) is 5.82 Å². The third kappa shape index (κ3) is 4.51. The van der Waals surface area contributed by atoms with Crippen molar-refractivity contribution in [2.45, 2.75) is 32.4 Å². The lowest BCUT2D eigenvalue weighted by Crippen LogP contribution is -2.22. The lowest BCUT2D eigenvalue weighted by atomic mass is 10.0. The van der Waals surface area contributed by atoms with Crippen molar-refractivity contribution in [3.05, 3.63) is 58.1 Å². The fraction of sp³-hybridized carbons (Fsp3) is 0.312. The van der Waals surface area contributed by atoms with Crippen molar-refractivity contribution < 1.29 is 9.13 Å². The summed E-state index contributed by atoms with van der Waals surface area (Å²) < 4.78 is 20.5. The van der Waals surface area contributed by atoms with Gasteiger partial charge in [0.1, 0.15) is 6.61 Å². The first-order valence-corrected chi connectivity index (χ1v) is 7.65. The van der Waals surface area contributed by atoms with Gasteiger partial charge in [-0.2, -0.15) is 0 Å². The maximum absolute atomic E-state index is 14.0. The first-order chi connectivity index (χ1) is 10.1. The summed E-state index contributed by atoms with van der Waals surface area (Å²) in [5.41, 5.74) is 7.49. The van der Waals surface area contributed by atoms with E-state index in [0.29, 0.717) is 6.42 Å². The van der Waals surface area contributed by atoms with E-state index in [9.17, 15) is 4.39 Å². The number of pyridine rings is 1. The molecule has 0 amide bonds. The third-order valence-electron chi connectivity index (χ3n) is 3.21. The predicted octanol–water partition coefficient (Wildman–Crippen LogP) is 3.84. The smallest absolute Gasteiger partial charge is 0.165 e. The molecule has 0 aliphatic heterocycles. The topological polar surface area (TPSA) is 48.1 Å². The molecule has 3 nitrogen and oxygen atoms in total. The maximum atomic E-state index is 14.0. The van der Waals surface area contributed by atoms with E-state index in [0.717, 1.165) is 22.2 Å². The molecule has 112 valence electrons. The van der Waals surface area contributed by atoms with Crippen molar-refractivity contribution in [1.29, 1.82) is 0 Å². The second kappa shape index (κ2) is 7.52. The zero-order valence-electron chi connectivity index (χ0n) is 11.9. The Kier molecular flexibility index (Phi) is 5.70. The average molecular weight is 353 g/mol. The summed E-state index contributed by atoms with van der Waals surface area (Å²) in [6, 6.07) is 8.63. The molecule has 1 aromatic heterocycles. The minimum Gasteiger partial charge on any atom is -0.484 e. The van der Waals surface area contributed by atoms with Crippen molar-refractivity contribution in [3.63, 3.8) is 0 Å². The van der Waals surface area contributed by atoms with E-state index in [-0.39, 0.29) is 24.2 Å². The quantitative estimate of drug-likeness (QED) is 0.858. The fourth-order valence-electron chi connectivity index (χ4n) is 1.94. The molecule has 0 saturated carbocycles. The number of rotatable bonds is 6. The predicted molar refractivity (Wildman–Crippen MR) is 84.6 cm³/mol. The number of hydrogen-bond acceptors (Lipinski definition) is 3. The highest BCUT2D eigenvalue weighted by molar-refractivity contribution is 9.10. The summed E-state index contributed by atoms with van der Waals surface area (Å²) in [6.45, 7) is 2.23. The van der Waals surface area contributed by atoms with Gasteiger partial charge in [0, 0.05) is 16.7 Å². The molecule has 0 aliphatic rings. The van der Waals surface area contributed by atoms with Crippen molar-refractivity contribution >= 4 is 15.9 Å². The SMILES string of the molecule is CCC(N)Cc1cccc(F)c1OCc1ccc(Br)cn1. The molecule has 5 heteroatoms. The Morgan fingerprint density at radius 3 is 2.81 bits per heavy atom. The van der Waals surface area contributed by atoms with Crippen LogP contribution in [0.4, 0.5) is 4.39 Å². The Labute approximate surface area is 132 Å². The summed E-state index contributed by atoms with van der Waals surface area (Å²) in [5.74, 6) is -0.0981. The zero-order valence-corrected chi connectivity index (χ0v) is 13.4. The van der Waals surface area contributed by atoms with E-state index in [1.54, 1.807) is 12.3 Å². The van der Waals surface area contributed by atoms with Crippen LogP contribution in [0.15, 0.2) is 41.0 Å². The van der Waals surface area contributed by atoms with Crippen LogP contribution in [0.5, 0.6) is 5.75 Å². The lowest BCUT2D eigenvalue weighted by Gasteiger charge is -2.15. The minimum absolute atomic E-state index is 0.0000411. The molecular weight excluding hydrogens is 335 g/mol. The Hall–Kier alpha value is -1.46. The third-order valence-corrected chi connectivity index (χ3v) is 3.68. The number of aromatic nitrogens is 1. The molecule has 2 rings (SSSR count). The zero-order chi connectivity index (χ0) is 15.2. The molecule has 1 atom stereocenters. The van der Waals surface area contributed by atoms with Crippen molar-refractivity contribution in [1.82, 2.24) is 4.98 Å². The van der Waals surface area contributed by atoms with Gasteiger partial charge in [-0.25, -0.2) is 4.39 Å². The van der Waals surface area contributed by atoms with Gasteiger partial charge in [0.25, 0.3) is 0 Å². The molecule has 0 fully saturated rings. The van der Waals surface area contributed by atoms with E-state index in [2.05, 4.69) is 20.9 Å². The Bertz CT molecular complexity index is 589. The van der Waals surface area contributed by atoms with E-state index in [4.69, 9.17) is 10.5 Å². The van der Waals surface area contributed by atoms with Crippen LogP contribution >= 0.6 is 15.9 Å². The molecule has 21 heavy (non-hydrogen) atoms. The number of benzene rings is 1. The maximum Gasteiger partial charge on any atom is 0.165 e. The van der Waals surface area contributed by atoms with Gasteiger partial charge in [-0.3, -0.25) is 4.98 Å². The molecule has 1 unspecified atom stereocenters. The van der Waals surface area contributed by atoms with Crippen LogP contribution in [0.2, 0.25) is 0 Å². The van der Waals surface area contributed by atoms with Gasteiger partial charge in [0.2, 0.25) is 0 Å². The van der Waals surface area contributed by atoms with E-state index < -0.39 is 0 Å². The monoisotopic (exact) mass is 352 g/mol. The van der Waals surface area contributed by atoms with Crippen molar-refractivity contribution in [2.24, 2.45) is 5.73 Å². The molecule has 2 aromatic rings. The molecule has 2 N–H and O–H groups in total. The molecule has 0 saturated heterocycles. The number of nitrogens with zero attached hydrogens (tertiary/aromatic N) is 1. The van der Waals surface area contributed by atoms with Gasteiger partial charge in [0.05, 0.1) is 5.69 Å². The van der Waals surface area contributed by atoms with Gasteiger partial charge in [-0.1, -0.05) is 19.1 Å². The normalized spacial score (nSPS) is 12.2. The van der Waals surface area contributed by atoms with Crippen LogP contribution in [0.3, 0.4) is 0 Å². The summed E-state index contributed by atoms with van der Waals surface area (Å²) in [7, 11) is 0. The number of halogens is 2. The van der Waals surface area contributed by atoms with E-state index >= 15 is 0 Å². The molecule has 0 bridgehead atoms. The Morgan fingerprint density at radius 1 is 1.33 bits per heavy atom. The van der Waals surface area contributed by atoms with Crippen LogP contribution < -0.4 is 10.5 Å². The molecule has 1 aromatic carbocycles. The van der Waals surface area contributed by atoms with Crippen LogP contribution in [0.1, 0.15) is 24.6 Å². The molecule has 0 spiro atoms. The summed E-state index contributed by atoms with van der Waals surface area (Å²) >= 11 is 3.32. The standard InChI is InChI=1S/C16H18BrFN2O/c1-2-13(19)8-11-4-3-5-15(18)16(11)21-10-14-7-6-12(17)9-20-14/h3-7,9,13H,2,8,10,19H2,1H3. The Balaban J connectivity index is 2.12. The van der Waals surface area contributed by atoms with Gasteiger partial charge in [0.15, 0.2) is 11.6 Å². The number of ether oxygens (including phenoxy) is 1. The lowest BCUT2D eigenvalue weighted by molar-refractivity contribution is 0.282. The molecule has 0 aliphatic carbocycles. The van der Waals surface area contributed by atoms with Gasteiger partial charge in [-0.15, -0.1) is 0 Å². The van der Waals surface area contributed by atoms with E-state index in [1.807, 2.05) is 25.1 Å². The highest BCUT2D eigenvalue weighted by atomic mass is 79.9. The Morgan fingerprint density at radius 2 is 2.14 bits per heavy atom. The number of hydrogen-bond donors (Lipinski definition) is 1. The fourth-order valence-corrected chi connectivity index (χ4v) is 2.18. The van der Waals surface area contributed by atoms with Crippen molar-refractivity contribution in [3.8, 4) is 5.75 Å². The second-order valence-corrected chi connectivity index (χ2v) is 5.77. The molecule has 1 heterocycles. The van der Waals surface area contributed by atoms with Crippen LogP contribution in [-0.4, -0.2) is 11.0 Å². The van der Waals surface area contributed by atoms with Gasteiger partial charge in [-0.05, 0) is 52.5 Å². The first kappa shape index (κ1) is 15.9. The summed E-state index contributed by atoms with van der Waals surface area (Å²) in [5, 5.41) is 0. The van der Waals surface area contributed by atoms with Gasteiger partial charge < -0.3 is 10.5 Å². The highest BCUT2D eigenvalue weighted by Gasteiger charge is 2.13. The molecular formula is C16H18BrFN2O. The number of nitrogens with two attached hydrogens (primary N) is 1. The molecule has 0 radical (unpaired) electrons. The second-order valence-electron chi connectivity index (χ2n) is 4.86. The number of para-hydroxylation sites is 1. The van der Waals surface area contributed by atoms with E-state index in [1.165, 1.54) is 6.07 Å².